The molecular formula is C17H13ClF7N3O2S. The van der Waals surface area contributed by atoms with Crippen molar-refractivity contribution in [3.8, 4) is 5.75 Å². The van der Waals surface area contributed by atoms with Crippen molar-refractivity contribution in [2.24, 2.45) is 5.73 Å². The molecule has 14 heteroatoms. The number of ether oxygens (including phenoxy) is 1. The van der Waals surface area contributed by atoms with Gasteiger partial charge in [-0.05, 0) is 48.6 Å². The Morgan fingerprint density at radius 2 is 1.84 bits per heavy atom. The van der Waals surface area contributed by atoms with E-state index in [1.54, 1.807) is 0 Å². The number of nitrogens with two attached hydrogens (primary N) is 1. The Bertz CT molecular complexity index is 1040. The van der Waals surface area contributed by atoms with Crippen molar-refractivity contribution in [3.05, 3.63) is 34.0 Å². The molecule has 0 bridgehead atoms. The number of hydrogen-bond acceptors (Lipinski definition) is 5. The molecule has 31 heavy (non-hydrogen) atoms. The number of fused-ring (bicyclic) bond motifs is 1. The predicted octanol–water partition coefficient (Wildman–Crippen LogP) is 5.13. The third kappa shape index (κ3) is 3.67. The Kier molecular flexibility index (Phi) is 5.58. The number of amides is 1. The first-order chi connectivity index (χ1) is 14.1. The third-order valence-electron chi connectivity index (χ3n) is 4.59. The summed E-state index contributed by atoms with van der Waals surface area (Å²) in [6.45, 7) is 2.86. The molecule has 5 nitrogen and oxygen atoms in total. The van der Waals surface area contributed by atoms with E-state index in [1.807, 2.05) is 0 Å². The normalized spacial score (nSPS) is 17.0. The topological polar surface area (TPSA) is 68.5 Å². The zero-order valence-electron chi connectivity index (χ0n) is 15.7. The van der Waals surface area contributed by atoms with Gasteiger partial charge < -0.3 is 10.5 Å². The second-order valence-corrected chi connectivity index (χ2v) is 7.94. The van der Waals surface area contributed by atoms with Crippen molar-refractivity contribution < 1.29 is 40.3 Å². The van der Waals surface area contributed by atoms with Crippen LogP contribution in [0, 0.1) is 13.8 Å². The molecule has 1 amide bonds. The number of carbonyl (C=O) groups is 1. The van der Waals surface area contributed by atoms with Crippen LogP contribution in [0.5, 0.6) is 5.75 Å². The number of primary amides is 1. The Morgan fingerprint density at radius 1 is 1.23 bits per heavy atom. The number of nitrogens with zero attached hydrogens (tertiary/aromatic N) is 2. The molecule has 170 valence electrons. The smallest absolute Gasteiger partial charge is 0.460 e. The minimum Gasteiger partial charge on any atom is -0.461 e. The molecule has 0 saturated heterocycles. The minimum absolute atomic E-state index is 0.143. The van der Waals surface area contributed by atoms with E-state index in [-0.39, 0.29) is 33.4 Å². The fourth-order valence-electron chi connectivity index (χ4n) is 2.97. The SMILES string of the molecule is Cc1cc2c(cc1CC(N)=O)N(c1snc(C)c1Cl)C(C(F)(F)C(F)(F)C(F)(F)F)O2. The largest absolute Gasteiger partial charge is 0.461 e. The highest BCUT2D eigenvalue weighted by molar-refractivity contribution is 7.11. The molecule has 0 spiro atoms. The molecule has 2 heterocycles. The van der Waals surface area contributed by atoms with Crippen molar-refractivity contribution in [3.63, 3.8) is 0 Å². The van der Waals surface area contributed by atoms with Crippen LogP contribution < -0.4 is 15.4 Å². The summed E-state index contributed by atoms with van der Waals surface area (Å²) in [5, 5.41) is -0.552. The maximum absolute atomic E-state index is 14.7. The number of anilines is 2. The van der Waals surface area contributed by atoms with Crippen LogP contribution in [0.4, 0.5) is 41.4 Å². The van der Waals surface area contributed by atoms with Crippen molar-refractivity contribution in [1.82, 2.24) is 4.37 Å². The van der Waals surface area contributed by atoms with Crippen LogP contribution in [0.15, 0.2) is 12.1 Å². The molecule has 2 aromatic rings. The number of halogens is 8. The van der Waals surface area contributed by atoms with Gasteiger partial charge in [-0.3, -0.25) is 9.69 Å². The van der Waals surface area contributed by atoms with E-state index in [0.29, 0.717) is 22.0 Å². The summed E-state index contributed by atoms with van der Waals surface area (Å²) in [4.78, 5) is 11.7. The standard InChI is InChI=1S/C17H13ClF7N3O2S/c1-6-3-10-9(4-8(6)5-11(26)29)28(13-12(18)7(2)27-31-13)14(30-10)15(19,20)16(21,22)17(23,24)25/h3-4,14H,5H2,1-2H3,(H2,26,29). The van der Waals surface area contributed by atoms with Gasteiger partial charge in [-0.25, -0.2) is 0 Å². The van der Waals surface area contributed by atoms with Gasteiger partial charge in [0.05, 0.1) is 22.8 Å². The summed E-state index contributed by atoms with van der Waals surface area (Å²) in [5.74, 6) is -13.3. The van der Waals surface area contributed by atoms with Crippen molar-refractivity contribution in [2.45, 2.75) is 44.5 Å². The summed E-state index contributed by atoms with van der Waals surface area (Å²) < 4.78 is 104. The van der Waals surface area contributed by atoms with E-state index < -0.39 is 35.9 Å². The second-order valence-electron chi connectivity index (χ2n) is 6.81. The highest BCUT2D eigenvalue weighted by Crippen LogP contribution is 2.56. The molecule has 3 rings (SSSR count). The van der Waals surface area contributed by atoms with Crippen LogP contribution in [0.3, 0.4) is 0 Å². The Morgan fingerprint density at radius 3 is 2.32 bits per heavy atom. The first-order valence-corrected chi connectivity index (χ1v) is 9.56. The third-order valence-corrected chi connectivity index (χ3v) is 6.10. The lowest BCUT2D eigenvalue weighted by Gasteiger charge is -2.35. The van der Waals surface area contributed by atoms with Gasteiger partial charge in [0, 0.05) is 0 Å². The Hall–Kier alpha value is -2.28. The Balaban J connectivity index is 2.22. The summed E-state index contributed by atoms with van der Waals surface area (Å²) in [5.41, 5.74) is 5.59. The quantitative estimate of drug-likeness (QED) is 0.589. The summed E-state index contributed by atoms with van der Waals surface area (Å²) >= 11 is 6.56. The molecule has 1 aromatic heterocycles. The monoisotopic (exact) mass is 491 g/mol. The van der Waals surface area contributed by atoms with Gasteiger partial charge in [0.15, 0.2) is 0 Å². The highest BCUT2D eigenvalue weighted by atomic mass is 35.5. The summed E-state index contributed by atoms with van der Waals surface area (Å²) in [6, 6.07) is 2.30. The molecule has 1 unspecified atom stereocenters. The van der Waals surface area contributed by atoms with Crippen LogP contribution in [0.25, 0.3) is 0 Å². The number of benzene rings is 1. The predicted molar refractivity (Wildman–Crippen MR) is 98.4 cm³/mol. The molecule has 0 radical (unpaired) electrons. The van der Waals surface area contributed by atoms with E-state index in [4.69, 9.17) is 22.1 Å². The summed E-state index contributed by atoms with van der Waals surface area (Å²) in [6.07, 6.45) is -9.98. The lowest BCUT2D eigenvalue weighted by Crippen LogP contribution is -2.62. The highest BCUT2D eigenvalue weighted by Gasteiger charge is 2.78. The fraction of sp³-hybridized carbons (Fsp3) is 0.412. The van der Waals surface area contributed by atoms with Gasteiger partial charge in [0.1, 0.15) is 10.8 Å². The first kappa shape index (κ1) is 23.4. The molecular weight excluding hydrogens is 479 g/mol. The van der Waals surface area contributed by atoms with Crippen LogP contribution in [-0.2, 0) is 11.2 Å². The van der Waals surface area contributed by atoms with E-state index in [2.05, 4.69) is 4.37 Å². The average molecular weight is 492 g/mol. The van der Waals surface area contributed by atoms with Gasteiger partial charge in [0.25, 0.3) is 0 Å². The van der Waals surface area contributed by atoms with Gasteiger partial charge >= 0.3 is 18.0 Å². The zero-order valence-corrected chi connectivity index (χ0v) is 17.2. The van der Waals surface area contributed by atoms with E-state index in [1.165, 1.54) is 13.8 Å². The summed E-state index contributed by atoms with van der Waals surface area (Å²) in [7, 11) is 0. The molecule has 1 aliphatic heterocycles. The molecule has 1 aliphatic rings. The minimum atomic E-state index is -6.55. The molecule has 0 aliphatic carbocycles. The number of alkyl halides is 7. The zero-order chi connectivity index (χ0) is 23.5. The number of rotatable bonds is 5. The van der Waals surface area contributed by atoms with E-state index in [9.17, 15) is 35.5 Å². The van der Waals surface area contributed by atoms with Gasteiger partial charge in [0.2, 0.25) is 12.1 Å². The molecule has 0 saturated carbocycles. The van der Waals surface area contributed by atoms with E-state index >= 15 is 0 Å². The van der Waals surface area contributed by atoms with Crippen LogP contribution >= 0.6 is 23.1 Å². The van der Waals surface area contributed by atoms with Gasteiger partial charge in [-0.1, -0.05) is 11.6 Å². The molecule has 0 fully saturated rings. The molecule has 1 atom stereocenters. The second kappa shape index (κ2) is 7.40. The maximum atomic E-state index is 14.7. The van der Waals surface area contributed by atoms with E-state index in [0.717, 1.165) is 12.1 Å². The first-order valence-electron chi connectivity index (χ1n) is 8.41. The molecule has 1 aromatic carbocycles. The van der Waals surface area contributed by atoms with Gasteiger partial charge in [-0.15, -0.1) is 0 Å². The van der Waals surface area contributed by atoms with Crippen molar-refractivity contribution >= 4 is 39.7 Å². The average Bonchev–Trinajstić information content (AvgIpc) is 3.14. The lowest BCUT2D eigenvalue weighted by atomic mass is 10.0. The fourth-order valence-corrected chi connectivity index (χ4v) is 4.08. The Labute approximate surface area is 179 Å². The lowest BCUT2D eigenvalue weighted by molar-refractivity contribution is -0.367. The van der Waals surface area contributed by atoms with Gasteiger partial charge in [-0.2, -0.15) is 35.1 Å². The number of carbonyl (C=O) groups excluding carboxylic acids is 1. The maximum Gasteiger partial charge on any atom is 0.460 e. The van der Waals surface area contributed by atoms with Crippen LogP contribution in [0.2, 0.25) is 5.02 Å². The number of aryl methyl sites for hydroxylation is 2. The molecule has 2 N–H and O–H groups in total. The number of hydrogen-bond donors (Lipinski definition) is 1. The van der Waals surface area contributed by atoms with Crippen LogP contribution in [0.1, 0.15) is 16.8 Å². The van der Waals surface area contributed by atoms with Crippen LogP contribution in [-0.4, -0.2) is 34.5 Å². The van der Waals surface area contributed by atoms with Crippen molar-refractivity contribution in [1.29, 1.82) is 0 Å². The van der Waals surface area contributed by atoms with Crippen molar-refractivity contribution in [2.75, 3.05) is 4.90 Å². The number of aromatic nitrogens is 1.